The fourth-order valence-electron chi connectivity index (χ4n) is 2.80. The normalized spacial score (nSPS) is 10.8. The number of amides is 2. The quantitative estimate of drug-likeness (QED) is 0.345. The molecule has 7 heteroatoms. The maximum absolute atomic E-state index is 12.0. The molecule has 0 heterocycles. The predicted octanol–water partition coefficient (Wildman–Crippen LogP) is 4.37. The molecule has 6 nitrogen and oxygen atoms in total. The first-order chi connectivity index (χ1) is 14.1. The van der Waals surface area contributed by atoms with Crippen molar-refractivity contribution < 1.29 is 14.3 Å². The van der Waals surface area contributed by atoms with Gasteiger partial charge in [0.1, 0.15) is 12.2 Å². The Morgan fingerprint density at radius 3 is 2.59 bits per heavy atom. The Bertz CT molecular complexity index is 1070. The van der Waals surface area contributed by atoms with Gasteiger partial charge in [-0.1, -0.05) is 54.1 Å². The highest BCUT2D eigenvalue weighted by molar-refractivity contribution is 6.33. The summed E-state index contributed by atoms with van der Waals surface area (Å²) in [7, 11) is 0. The van der Waals surface area contributed by atoms with Gasteiger partial charge in [0.05, 0.1) is 23.5 Å². The van der Waals surface area contributed by atoms with Crippen molar-refractivity contribution in [3.63, 3.8) is 0 Å². The van der Waals surface area contributed by atoms with Gasteiger partial charge < -0.3 is 10.1 Å². The summed E-state index contributed by atoms with van der Waals surface area (Å²) in [5, 5.41) is 8.98. The molecule has 148 valence electrons. The van der Waals surface area contributed by atoms with E-state index in [1.807, 2.05) is 43.3 Å². The summed E-state index contributed by atoms with van der Waals surface area (Å²) in [6.07, 6.45) is 1.15. The highest BCUT2D eigenvalue weighted by atomic mass is 35.5. The van der Waals surface area contributed by atoms with E-state index in [0.29, 0.717) is 23.1 Å². The molecule has 0 spiro atoms. The number of fused-ring (bicyclic) bond motifs is 1. The summed E-state index contributed by atoms with van der Waals surface area (Å²) in [6.45, 7) is 2.41. The average molecular weight is 410 g/mol. The summed E-state index contributed by atoms with van der Waals surface area (Å²) in [4.78, 5) is 24.1. The molecular formula is C22H20ClN3O3. The van der Waals surface area contributed by atoms with Crippen LogP contribution in [0.5, 0.6) is 5.75 Å². The first kappa shape index (κ1) is 20.4. The van der Waals surface area contributed by atoms with E-state index in [-0.39, 0.29) is 6.42 Å². The highest BCUT2D eigenvalue weighted by Crippen LogP contribution is 2.26. The molecule has 0 aliphatic rings. The van der Waals surface area contributed by atoms with Crippen LogP contribution < -0.4 is 15.5 Å². The Kier molecular flexibility index (Phi) is 6.81. The molecular weight excluding hydrogens is 390 g/mol. The van der Waals surface area contributed by atoms with Crippen LogP contribution in [0.25, 0.3) is 10.8 Å². The Morgan fingerprint density at radius 2 is 1.79 bits per heavy atom. The molecule has 0 saturated heterocycles. The Morgan fingerprint density at radius 1 is 1.03 bits per heavy atom. The van der Waals surface area contributed by atoms with Crippen LogP contribution in [0.2, 0.25) is 5.02 Å². The van der Waals surface area contributed by atoms with E-state index in [4.69, 9.17) is 16.3 Å². The van der Waals surface area contributed by atoms with E-state index in [2.05, 4.69) is 15.8 Å². The zero-order valence-corrected chi connectivity index (χ0v) is 16.6. The third-order valence-electron chi connectivity index (χ3n) is 4.08. The van der Waals surface area contributed by atoms with Crippen LogP contribution in [-0.4, -0.2) is 24.6 Å². The number of halogens is 1. The zero-order chi connectivity index (χ0) is 20.6. The molecule has 0 saturated carbocycles. The van der Waals surface area contributed by atoms with E-state index in [9.17, 15) is 9.59 Å². The molecule has 2 N–H and O–H groups in total. The fourth-order valence-corrected chi connectivity index (χ4v) is 2.98. The van der Waals surface area contributed by atoms with Crippen LogP contribution >= 0.6 is 11.6 Å². The van der Waals surface area contributed by atoms with Crippen molar-refractivity contribution in [1.29, 1.82) is 0 Å². The number of nitrogens with zero attached hydrogens (tertiary/aromatic N) is 1. The number of nitrogens with one attached hydrogen (secondary N) is 2. The van der Waals surface area contributed by atoms with Crippen molar-refractivity contribution >= 4 is 46.1 Å². The Hall–Kier alpha value is -3.38. The minimum absolute atomic E-state index is 0.379. The number of benzene rings is 3. The molecule has 0 unspecified atom stereocenters. The van der Waals surface area contributed by atoms with E-state index in [1.165, 1.54) is 6.21 Å². The molecule has 0 radical (unpaired) electrons. The number of rotatable bonds is 7. The number of para-hydroxylation sites is 1. The van der Waals surface area contributed by atoms with Gasteiger partial charge >= 0.3 is 0 Å². The van der Waals surface area contributed by atoms with E-state index < -0.39 is 11.8 Å². The maximum atomic E-state index is 12.0. The van der Waals surface area contributed by atoms with Gasteiger partial charge in [-0.2, -0.15) is 5.10 Å². The van der Waals surface area contributed by atoms with Gasteiger partial charge in [-0.05, 0) is 35.9 Å². The SMILES string of the molecule is CCOc1ccc2ccccc2c1C=NNC(=O)CC(=O)Nc1ccccc1Cl. The monoisotopic (exact) mass is 409 g/mol. The van der Waals surface area contributed by atoms with Crippen LogP contribution in [0, 0.1) is 0 Å². The van der Waals surface area contributed by atoms with E-state index in [0.717, 1.165) is 16.3 Å². The second-order valence-corrected chi connectivity index (χ2v) is 6.54. The number of carbonyl (C=O) groups excluding carboxylic acids is 2. The minimum atomic E-state index is -0.538. The third kappa shape index (κ3) is 5.33. The summed E-state index contributed by atoms with van der Waals surface area (Å²) in [5.74, 6) is -0.351. The third-order valence-corrected chi connectivity index (χ3v) is 4.41. The first-order valence-corrected chi connectivity index (χ1v) is 9.47. The maximum Gasteiger partial charge on any atom is 0.249 e. The van der Waals surface area contributed by atoms with Crippen molar-refractivity contribution in [2.45, 2.75) is 13.3 Å². The largest absolute Gasteiger partial charge is 0.493 e. The number of hydrazone groups is 1. The second kappa shape index (κ2) is 9.71. The molecule has 0 atom stereocenters. The van der Waals surface area contributed by atoms with Gasteiger partial charge in [0.25, 0.3) is 0 Å². The van der Waals surface area contributed by atoms with Gasteiger partial charge in [0, 0.05) is 5.56 Å². The number of hydrogen-bond donors (Lipinski definition) is 2. The predicted molar refractivity (Wildman–Crippen MR) is 116 cm³/mol. The van der Waals surface area contributed by atoms with Crippen molar-refractivity contribution in [2.24, 2.45) is 5.10 Å². The van der Waals surface area contributed by atoms with Crippen molar-refractivity contribution in [1.82, 2.24) is 5.43 Å². The van der Waals surface area contributed by atoms with Gasteiger partial charge in [-0.15, -0.1) is 0 Å². The van der Waals surface area contributed by atoms with Crippen LogP contribution in [0.4, 0.5) is 5.69 Å². The Labute approximate surface area is 173 Å². The van der Waals surface area contributed by atoms with Gasteiger partial charge in [0.15, 0.2) is 0 Å². The Balaban J connectivity index is 1.66. The highest BCUT2D eigenvalue weighted by Gasteiger charge is 2.11. The lowest BCUT2D eigenvalue weighted by Gasteiger charge is -2.10. The standard InChI is InChI=1S/C22H20ClN3O3/c1-2-29-20-12-11-15-7-3-4-8-16(15)17(20)14-24-26-22(28)13-21(27)25-19-10-6-5-9-18(19)23/h3-12,14H,2,13H2,1H3,(H,25,27)(H,26,28). The van der Waals surface area contributed by atoms with Gasteiger partial charge in [-0.3, -0.25) is 9.59 Å². The average Bonchev–Trinajstić information content (AvgIpc) is 2.71. The van der Waals surface area contributed by atoms with Crippen LogP contribution in [-0.2, 0) is 9.59 Å². The number of carbonyl (C=O) groups is 2. The molecule has 0 fully saturated rings. The molecule has 0 bridgehead atoms. The molecule has 0 aromatic heterocycles. The second-order valence-electron chi connectivity index (χ2n) is 6.13. The van der Waals surface area contributed by atoms with Crippen LogP contribution in [0.15, 0.2) is 65.8 Å². The summed E-state index contributed by atoms with van der Waals surface area (Å²) < 4.78 is 5.66. The minimum Gasteiger partial charge on any atom is -0.493 e. The summed E-state index contributed by atoms with van der Waals surface area (Å²) in [6, 6.07) is 18.5. The number of hydrogen-bond acceptors (Lipinski definition) is 4. The molecule has 2 amide bonds. The fraction of sp³-hybridized carbons (Fsp3) is 0.136. The van der Waals surface area contributed by atoms with Crippen LogP contribution in [0.1, 0.15) is 18.9 Å². The smallest absolute Gasteiger partial charge is 0.249 e. The van der Waals surface area contributed by atoms with Gasteiger partial charge in [-0.25, -0.2) is 5.43 Å². The van der Waals surface area contributed by atoms with Crippen molar-refractivity contribution in [3.05, 3.63) is 71.2 Å². The lowest BCUT2D eigenvalue weighted by atomic mass is 10.0. The molecule has 3 aromatic rings. The molecule has 3 aromatic carbocycles. The molecule has 3 rings (SSSR count). The van der Waals surface area contributed by atoms with Crippen LogP contribution in [0.3, 0.4) is 0 Å². The topological polar surface area (TPSA) is 79.8 Å². The van der Waals surface area contributed by atoms with E-state index >= 15 is 0 Å². The lowest BCUT2D eigenvalue weighted by Crippen LogP contribution is -2.24. The summed E-state index contributed by atoms with van der Waals surface area (Å²) in [5.41, 5.74) is 3.58. The molecule has 0 aliphatic carbocycles. The van der Waals surface area contributed by atoms with Gasteiger partial charge in [0.2, 0.25) is 11.8 Å². The zero-order valence-electron chi connectivity index (χ0n) is 15.8. The lowest BCUT2D eigenvalue weighted by molar-refractivity contribution is -0.126. The first-order valence-electron chi connectivity index (χ1n) is 9.09. The van der Waals surface area contributed by atoms with Crippen molar-refractivity contribution in [3.8, 4) is 5.75 Å². The molecule has 29 heavy (non-hydrogen) atoms. The van der Waals surface area contributed by atoms with Crippen molar-refractivity contribution in [2.75, 3.05) is 11.9 Å². The molecule has 0 aliphatic heterocycles. The number of anilines is 1. The summed E-state index contributed by atoms with van der Waals surface area (Å²) >= 11 is 5.99. The number of ether oxygens (including phenoxy) is 1. The van der Waals surface area contributed by atoms with E-state index in [1.54, 1.807) is 24.3 Å².